The quantitative estimate of drug-likeness (QED) is 0.709. The van der Waals surface area contributed by atoms with Crippen LogP contribution in [0.2, 0.25) is 0 Å². The first-order chi connectivity index (χ1) is 10.1. The minimum atomic E-state index is -1.06. The highest BCUT2D eigenvalue weighted by Gasteiger charge is 2.42. The summed E-state index contributed by atoms with van der Waals surface area (Å²) in [7, 11) is 0. The monoisotopic (exact) mass is 290 g/mol. The van der Waals surface area contributed by atoms with E-state index >= 15 is 0 Å². The molecule has 2 aliphatic heterocycles. The highest BCUT2D eigenvalue weighted by Crippen LogP contribution is 2.29. The van der Waals surface area contributed by atoms with Crippen molar-refractivity contribution in [3.8, 4) is 0 Å². The predicted octanol–water partition coefficient (Wildman–Crippen LogP) is -0.0802. The Bertz CT molecular complexity index is 575. The summed E-state index contributed by atoms with van der Waals surface area (Å²) in [5, 5.41) is 22.1. The second-order valence-electron chi connectivity index (χ2n) is 5.62. The molecule has 1 aromatic carbocycles. The summed E-state index contributed by atoms with van der Waals surface area (Å²) in [4.78, 5) is 25.3. The number of benzene rings is 1. The molecule has 21 heavy (non-hydrogen) atoms. The van der Waals surface area contributed by atoms with Gasteiger partial charge in [0, 0.05) is 26.1 Å². The maximum absolute atomic E-state index is 12.7. The number of β-amino-alcohol motifs (C(OH)–C–C–N with tert-alkyl or cyclic N) is 1. The van der Waals surface area contributed by atoms with Crippen molar-refractivity contribution in [1.29, 1.82) is 0 Å². The van der Waals surface area contributed by atoms with Crippen molar-refractivity contribution < 1.29 is 19.8 Å². The van der Waals surface area contributed by atoms with Gasteiger partial charge in [0.2, 0.25) is 5.91 Å². The molecule has 3 N–H and O–H groups in total. The molecule has 0 radical (unpaired) electrons. The molecule has 0 spiro atoms. The third-order valence-corrected chi connectivity index (χ3v) is 4.24. The van der Waals surface area contributed by atoms with E-state index in [1.807, 2.05) is 24.3 Å². The summed E-state index contributed by atoms with van der Waals surface area (Å²) in [5.74, 6) is -1.67. The molecular weight excluding hydrogens is 272 g/mol. The maximum atomic E-state index is 12.7. The molecule has 0 bridgehead atoms. The van der Waals surface area contributed by atoms with Crippen molar-refractivity contribution in [2.24, 2.45) is 0 Å². The van der Waals surface area contributed by atoms with Gasteiger partial charge in [0.25, 0.3) is 0 Å². The van der Waals surface area contributed by atoms with E-state index in [4.69, 9.17) is 0 Å². The molecule has 6 heteroatoms. The van der Waals surface area contributed by atoms with Crippen molar-refractivity contribution in [3.05, 3.63) is 35.4 Å². The lowest BCUT2D eigenvalue weighted by Gasteiger charge is -2.30. The zero-order valence-corrected chi connectivity index (χ0v) is 11.5. The number of carbonyl (C=O) groups is 2. The molecule has 1 fully saturated rings. The molecule has 0 aromatic heterocycles. The molecule has 3 rings (SSSR count). The SMILES string of the molecule is O=C(O)C1CC(O)CN1C(=O)C1CNCc2ccccc21. The number of carbonyl (C=O) groups excluding carboxylic acids is 1. The molecule has 1 aromatic rings. The van der Waals surface area contributed by atoms with Gasteiger partial charge in [-0.05, 0) is 11.1 Å². The first kappa shape index (κ1) is 14.0. The summed E-state index contributed by atoms with van der Waals surface area (Å²) >= 11 is 0. The molecule has 2 aliphatic rings. The van der Waals surface area contributed by atoms with Crippen LogP contribution < -0.4 is 5.32 Å². The number of rotatable bonds is 2. The van der Waals surface area contributed by atoms with Crippen LogP contribution >= 0.6 is 0 Å². The van der Waals surface area contributed by atoms with Gasteiger partial charge in [-0.3, -0.25) is 4.79 Å². The van der Waals surface area contributed by atoms with Crippen molar-refractivity contribution in [1.82, 2.24) is 10.2 Å². The van der Waals surface area contributed by atoms with E-state index < -0.39 is 18.1 Å². The number of carboxylic acids is 1. The number of aliphatic hydroxyl groups is 1. The number of nitrogens with one attached hydrogen (secondary N) is 1. The number of hydrogen-bond donors (Lipinski definition) is 3. The molecule has 1 saturated heterocycles. The van der Waals surface area contributed by atoms with Gasteiger partial charge >= 0.3 is 5.97 Å². The van der Waals surface area contributed by atoms with Crippen LogP contribution in [0.25, 0.3) is 0 Å². The van der Waals surface area contributed by atoms with Crippen LogP contribution in [0, 0.1) is 0 Å². The second-order valence-corrected chi connectivity index (χ2v) is 5.62. The smallest absolute Gasteiger partial charge is 0.326 e. The van der Waals surface area contributed by atoms with E-state index in [0.29, 0.717) is 13.1 Å². The van der Waals surface area contributed by atoms with Crippen molar-refractivity contribution in [2.45, 2.75) is 31.0 Å². The number of carboxylic acid groups (broad SMARTS) is 1. The fraction of sp³-hybridized carbons (Fsp3) is 0.467. The lowest BCUT2D eigenvalue weighted by molar-refractivity contribution is -0.148. The van der Waals surface area contributed by atoms with Gasteiger partial charge in [-0.2, -0.15) is 0 Å². The van der Waals surface area contributed by atoms with Crippen LogP contribution in [-0.4, -0.2) is 52.2 Å². The lowest BCUT2D eigenvalue weighted by atomic mass is 9.89. The Kier molecular flexibility index (Phi) is 3.65. The first-order valence-electron chi connectivity index (χ1n) is 7.08. The molecule has 3 atom stereocenters. The number of aliphatic carboxylic acids is 1. The van der Waals surface area contributed by atoms with Gasteiger partial charge in [0.1, 0.15) is 6.04 Å². The Hall–Kier alpha value is -1.92. The van der Waals surface area contributed by atoms with E-state index in [0.717, 1.165) is 11.1 Å². The van der Waals surface area contributed by atoms with Crippen LogP contribution in [0.3, 0.4) is 0 Å². The predicted molar refractivity (Wildman–Crippen MR) is 74.7 cm³/mol. The average Bonchev–Trinajstić information content (AvgIpc) is 2.88. The molecular formula is C15H18N2O4. The largest absolute Gasteiger partial charge is 0.480 e. The fourth-order valence-corrected chi connectivity index (χ4v) is 3.21. The normalized spacial score (nSPS) is 28.2. The number of hydrogen-bond acceptors (Lipinski definition) is 4. The van der Waals surface area contributed by atoms with Gasteiger partial charge in [-0.1, -0.05) is 24.3 Å². The minimum Gasteiger partial charge on any atom is -0.480 e. The molecule has 1 amide bonds. The maximum Gasteiger partial charge on any atom is 0.326 e. The number of fused-ring (bicyclic) bond motifs is 1. The third kappa shape index (κ3) is 2.52. The second kappa shape index (κ2) is 5.46. The van der Waals surface area contributed by atoms with Crippen LogP contribution in [0.5, 0.6) is 0 Å². The van der Waals surface area contributed by atoms with Crippen LogP contribution in [0.4, 0.5) is 0 Å². The first-order valence-corrected chi connectivity index (χ1v) is 7.08. The summed E-state index contributed by atoms with van der Waals surface area (Å²) in [6, 6.07) is 6.77. The standard InChI is InChI=1S/C15H18N2O4/c18-10-5-13(15(20)21)17(8-10)14(19)12-7-16-6-9-3-1-2-4-11(9)12/h1-4,10,12-13,16,18H,5-8H2,(H,20,21). The molecule has 112 valence electrons. The van der Waals surface area contributed by atoms with Crippen molar-refractivity contribution >= 4 is 11.9 Å². The molecule has 0 aliphatic carbocycles. The number of nitrogens with zero attached hydrogens (tertiary/aromatic N) is 1. The zero-order valence-electron chi connectivity index (χ0n) is 11.5. The van der Waals surface area contributed by atoms with Gasteiger partial charge in [-0.25, -0.2) is 4.79 Å². The highest BCUT2D eigenvalue weighted by molar-refractivity contribution is 5.89. The topological polar surface area (TPSA) is 89.9 Å². The highest BCUT2D eigenvalue weighted by atomic mass is 16.4. The minimum absolute atomic E-state index is 0.0917. The molecule has 3 unspecified atom stereocenters. The van der Waals surface area contributed by atoms with Crippen molar-refractivity contribution in [3.63, 3.8) is 0 Å². The van der Waals surface area contributed by atoms with Crippen LogP contribution in [0.15, 0.2) is 24.3 Å². The van der Waals surface area contributed by atoms with Gasteiger partial charge < -0.3 is 20.4 Å². The van der Waals surface area contributed by atoms with E-state index in [9.17, 15) is 19.8 Å². The molecule has 6 nitrogen and oxygen atoms in total. The number of aliphatic hydroxyl groups excluding tert-OH is 1. The van der Waals surface area contributed by atoms with Crippen LogP contribution in [0.1, 0.15) is 23.5 Å². The zero-order chi connectivity index (χ0) is 15.0. The van der Waals surface area contributed by atoms with E-state index in [-0.39, 0.29) is 24.8 Å². The van der Waals surface area contributed by atoms with E-state index in [1.54, 1.807) is 0 Å². The summed E-state index contributed by atoms with van der Waals surface area (Å²) in [6.45, 7) is 1.30. The number of likely N-dealkylation sites (tertiary alicyclic amines) is 1. The molecule has 2 heterocycles. The lowest BCUT2D eigenvalue weighted by Crippen LogP contribution is -2.46. The van der Waals surface area contributed by atoms with E-state index in [2.05, 4.69) is 5.32 Å². The Morgan fingerprint density at radius 2 is 2.05 bits per heavy atom. The summed E-state index contributed by atoms with van der Waals surface area (Å²) < 4.78 is 0. The van der Waals surface area contributed by atoms with Crippen molar-refractivity contribution in [2.75, 3.05) is 13.1 Å². The average molecular weight is 290 g/mol. The molecule has 0 saturated carbocycles. The number of amides is 1. The fourth-order valence-electron chi connectivity index (χ4n) is 3.21. The Morgan fingerprint density at radius 1 is 1.29 bits per heavy atom. The van der Waals surface area contributed by atoms with Gasteiger partial charge in [0.05, 0.1) is 12.0 Å². The van der Waals surface area contributed by atoms with E-state index in [1.165, 1.54) is 4.90 Å². The Balaban J connectivity index is 1.87. The third-order valence-electron chi connectivity index (χ3n) is 4.24. The van der Waals surface area contributed by atoms with Crippen LogP contribution in [-0.2, 0) is 16.1 Å². The summed E-state index contributed by atoms with van der Waals surface area (Å²) in [5.41, 5.74) is 2.01. The van der Waals surface area contributed by atoms with Gasteiger partial charge in [0.15, 0.2) is 0 Å². The Morgan fingerprint density at radius 3 is 2.81 bits per heavy atom. The van der Waals surface area contributed by atoms with Gasteiger partial charge in [-0.15, -0.1) is 0 Å². The Labute approximate surface area is 122 Å². The summed E-state index contributed by atoms with van der Waals surface area (Å²) in [6.07, 6.45) is -0.662.